The summed E-state index contributed by atoms with van der Waals surface area (Å²) in [7, 11) is -6.84. The first-order chi connectivity index (χ1) is 6.27. The van der Waals surface area contributed by atoms with Gasteiger partial charge in [0.1, 0.15) is 9.84 Å². The lowest BCUT2D eigenvalue weighted by Gasteiger charge is -2.03. The summed E-state index contributed by atoms with van der Waals surface area (Å²) < 4.78 is 45.6. The zero-order valence-electron chi connectivity index (χ0n) is 7.73. The Balaban J connectivity index is 4.05. The summed E-state index contributed by atoms with van der Waals surface area (Å²) in [6.07, 6.45) is 1.04. The van der Waals surface area contributed by atoms with Gasteiger partial charge in [-0.1, -0.05) is 0 Å². The fourth-order valence-corrected chi connectivity index (χ4v) is 3.24. The van der Waals surface area contributed by atoms with Gasteiger partial charge in [0.25, 0.3) is 0 Å². The Morgan fingerprint density at radius 1 is 1.21 bits per heavy atom. The van der Waals surface area contributed by atoms with Crippen LogP contribution in [0.15, 0.2) is 0 Å². The summed E-state index contributed by atoms with van der Waals surface area (Å²) in [5.74, 6) is -0.869. The molecular formula is C6H12N2O4S2. The number of sulfonamides is 1. The highest BCUT2D eigenvalue weighted by molar-refractivity contribution is 7.93. The van der Waals surface area contributed by atoms with Crippen LogP contribution in [0.2, 0.25) is 0 Å². The Labute approximate surface area is 83.9 Å². The summed E-state index contributed by atoms with van der Waals surface area (Å²) in [4.78, 5) is 0. The molecule has 6 nitrogen and oxygen atoms in total. The second kappa shape index (κ2) is 5.29. The molecule has 1 N–H and O–H groups in total. The summed E-state index contributed by atoms with van der Waals surface area (Å²) in [5, 5.41) is 8.14. The molecule has 0 aromatic carbocycles. The summed E-state index contributed by atoms with van der Waals surface area (Å²) in [6.45, 7) is 0.0165. The Hall–Kier alpha value is -0.650. The van der Waals surface area contributed by atoms with E-state index in [0.29, 0.717) is 0 Å². The Bertz CT molecular complexity index is 404. The molecule has 0 saturated carbocycles. The van der Waals surface area contributed by atoms with E-state index >= 15 is 0 Å². The van der Waals surface area contributed by atoms with Crippen LogP contribution >= 0.6 is 0 Å². The Kier molecular flexibility index (Phi) is 5.04. The topological polar surface area (TPSA) is 104 Å². The first kappa shape index (κ1) is 13.4. The molecule has 0 bridgehead atoms. The van der Waals surface area contributed by atoms with Gasteiger partial charge in [0.2, 0.25) is 10.0 Å². The van der Waals surface area contributed by atoms with E-state index in [1.807, 2.05) is 0 Å². The normalized spacial score (nSPS) is 12.3. The van der Waals surface area contributed by atoms with Gasteiger partial charge in [-0.3, -0.25) is 0 Å². The number of sulfone groups is 1. The van der Waals surface area contributed by atoms with Crippen molar-refractivity contribution in [2.24, 2.45) is 0 Å². The molecule has 0 aromatic heterocycles. The first-order valence-electron chi connectivity index (χ1n) is 3.79. The molecule has 0 aliphatic carbocycles. The molecule has 14 heavy (non-hydrogen) atoms. The van der Waals surface area contributed by atoms with Crippen LogP contribution in [0.4, 0.5) is 0 Å². The lowest BCUT2D eigenvalue weighted by molar-refractivity contribution is 0.579. The molecule has 8 heteroatoms. The van der Waals surface area contributed by atoms with E-state index in [4.69, 9.17) is 5.26 Å². The van der Waals surface area contributed by atoms with E-state index in [1.165, 1.54) is 0 Å². The van der Waals surface area contributed by atoms with Crippen LogP contribution in [0.25, 0.3) is 0 Å². The second-order valence-corrected chi connectivity index (χ2v) is 6.94. The van der Waals surface area contributed by atoms with Crippen molar-refractivity contribution >= 4 is 19.9 Å². The average Bonchev–Trinajstić information content (AvgIpc) is 2.00. The van der Waals surface area contributed by atoms with Crippen LogP contribution in [0, 0.1) is 11.3 Å². The molecule has 0 aliphatic rings. The number of hydrogen-bond acceptors (Lipinski definition) is 5. The molecule has 0 rings (SSSR count). The van der Waals surface area contributed by atoms with Gasteiger partial charge in [-0.15, -0.1) is 0 Å². The van der Waals surface area contributed by atoms with E-state index in [0.717, 1.165) is 6.26 Å². The van der Waals surface area contributed by atoms with Crippen molar-refractivity contribution in [3.8, 4) is 6.07 Å². The van der Waals surface area contributed by atoms with Gasteiger partial charge in [0.15, 0.2) is 0 Å². The van der Waals surface area contributed by atoms with E-state index in [2.05, 4.69) is 4.72 Å². The number of nitrogens with zero attached hydrogens (tertiary/aromatic N) is 1. The van der Waals surface area contributed by atoms with Gasteiger partial charge in [-0.25, -0.2) is 21.6 Å². The van der Waals surface area contributed by atoms with Crippen LogP contribution < -0.4 is 4.72 Å². The minimum atomic E-state index is -3.57. The molecule has 0 saturated heterocycles. The highest BCUT2D eigenvalue weighted by atomic mass is 32.2. The molecule has 0 radical (unpaired) electrons. The quantitative estimate of drug-likeness (QED) is 0.591. The molecule has 0 aromatic rings. The number of nitriles is 1. The second-order valence-electron chi connectivity index (χ2n) is 2.75. The molecule has 82 valence electrons. The number of nitrogens with one attached hydrogen (secondary N) is 1. The predicted molar refractivity (Wildman–Crippen MR) is 51.7 cm³/mol. The largest absolute Gasteiger partial charge is 0.229 e. The van der Waals surface area contributed by atoms with Crippen LogP contribution in [0.1, 0.15) is 6.42 Å². The van der Waals surface area contributed by atoms with Crippen molar-refractivity contribution in [1.82, 2.24) is 4.72 Å². The Morgan fingerprint density at radius 2 is 1.79 bits per heavy atom. The molecule has 0 fully saturated rings. The van der Waals surface area contributed by atoms with E-state index in [-0.39, 0.29) is 13.0 Å². The van der Waals surface area contributed by atoms with Crippen molar-refractivity contribution in [2.75, 3.05) is 24.3 Å². The molecule has 0 aliphatic heterocycles. The molecule has 0 amide bonds. The zero-order chi connectivity index (χ0) is 11.2. The van der Waals surface area contributed by atoms with Crippen molar-refractivity contribution in [2.45, 2.75) is 6.42 Å². The lowest BCUT2D eigenvalue weighted by Crippen LogP contribution is -2.30. The summed E-state index contributed by atoms with van der Waals surface area (Å²) >= 11 is 0. The van der Waals surface area contributed by atoms with Crippen LogP contribution in [-0.2, 0) is 19.9 Å². The van der Waals surface area contributed by atoms with Gasteiger partial charge in [0.05, 0.1) is 17.6 Å². The molecule has 0 heterocycles. The molecular weight excluding hydrogens is 228 g/mol. The minimum Gasteiger partial charge on any atom is -0.229 e. The first-order valence-corrected chi connectivity index (χ1v) is 7.50. The van der Waals surface area contributed by atoms with Crippen LogP contribution in [-0.4, -0.2) is 41.1 Å². The summed E-state index contributed by atoms with van der Waals surface area (Å²) in [6, 6.07) is 1.77. The van der Waals surface area contributed by atoms with Gasteiger partial charge in [0, 0.05) is 19.2 Å². The molecule has 0 atom stereocenters. The zero-order valence-corrected chi connectivity index (χ0v) is 9.36. The van der Waals surface area contributed by atoms with Crippen LogP contribution in [0.3, 0.4) is 0 Å². The highest BCUT2D eigenvalue weighted by Crippen LogP contribution is 1.89. The van der Waals surface area contributed by atoms with Crippen molar-refractivity contribution in [3.63, 3.8) is 0 Å². The molecule has 0 spiro atoms. The van der Waals surface area contributed by atoms with Crippen molar-refractivity contribution in [1.29, 1.82) is 5.26 Å². The van der Waals surface area contributed by atoms with E-state index in [9.17, 15) is 16.8 Å². The van der Waals surface area contributed by atoms with E-state index < -0.39 is 31.4 Å². The van der Waals surface area contributed by atoms with E-state index in [1.54, 1.807) is 6.07 Å². The van der Waals surface area contributed by atoms with Gasteiger partial charge >= 0.3 is 0 Å². The fraction of sp³-hybridized carbons (Fsp3) is 0.833. The smallest absolute Gasteiger partial charge is 0.212 e. The van der Waals surface area contributed by atoms with Gasteiger partial charge < -0.3 is 0 Å². The SMILES string of the molecule is CS(=O)(=O)CCS(=O)(=O)NCCC#N. The maximum atomic E-state index is 11.1. The third kappa shape index (κ3) is 7.97. The predicted octanol–water partition coefficient (Wildman–Crippen LogP) is -1.14. The highest BCUT2D eigenvalue weighted by Gasteiger charge is 2.13. The van der Waals surface area contributed by atoms with Gasteiger partial charge in [-0.05, 0) is 0 Å². The molecule has 0 unspecified atom stereocenters. The van der Waals surface area contributed by atoms with Crippen molar-refractivity contribution in [3.05, 3.63) is 0 Å². The Morgan fingerprint density at radius 3 is 2.21 bits per heavy atom. The average molecular weight is 240 g/mol. The van der Waals surface area contributed by atoms with Crippen LogP contribution in [0.5, 0.6) is 0 Å². The maximum Gasteiger partial charge on any atom is 0.212 e. The monoisotopic (exact) mass is 240 g/mol. The minimum absolute atomic E-state index is 0.0165. The third-order valence-electron chi connectivity index (χ3n) is 1.28. The number of hydrogen-bond donors (Lipinski definition) is 1. The van der Waals surface area contributed by atoms with Gasteiger partial charge in [-0.2, -0.15) is 5.26 Å². The number of rotatable bonds is 6. The standard InChI is InChI=1S/C6H12N2O4S2/c1-13(9,10)5-6-14(11,12)8-4-2-3-7/h8H,2,4-6H2,1H3. The maximum absolute atomic E-state index is 11.1. The van der Waals surface area contributed by atoms with Crippen molar-refractivity contribution < 1.29 is 16.8 Å². The lowest BCUT2D eigenvalue weighted by atomic mass is 10.5. The third-order valence-corrected chi connectivity index (χ3v) is 3.87. The fourth-order valence-electron chi connectivity index (χ4n) is 0.596. The summed E-state index contributed by atoms with van der Waals surface area (Å²) in [5.41, 5.74) is 0.